The number of halogens is 1. The third kappa shape index (κ3) is 6.29. The summed E-state index contributed by atoms with van der Waals surface area (Å²) in [5.41, 5.74) is 2.47. The van der Waals surface area contributed by atoms with E-state index in [1.807, 2.05) is 24.3 Å². The van der Waals surface area contributed by atoms with Crippen LogP contribution >= 0.6 is 11.6 Å². The van der Waals surface area contributed by atoms with Gasteiger partial charge in [-0.05, 0) is 42.9 Å². The standard InChI is InChI=1S/C25H33ClN4O3/c1-25(6-8-33-9-7-25)16-29-24-5-3-4-22(30-24)20-11-18(28-14-21(20)26)12-23(31)17-10-19(15-32-2)27-13-17/h3-5,11,14,17,19,27H,6-10,12-13,15-16H2,1-2H3,(H,29,30)/t17-,19+/m1/s1. The Hall–Kier alpha value is -2.06. The second-order valence-corrected chi connectivity index (χ2v) is 9.88. The number of hydrogen-bond acceptors (Lipinski definition) is 7. The molecule has 0 amide bonds. The van der Waals surface area contributed by atoms with Crippen molar-refractivity contribution in [1.82, 2.24) is 15.3 Å². The summed E-state index contributed by atoms with van der Waals surface area (Å²) in [6, 6.07) is 8.00. The van der Waals surface area contributed by atoms with Crippen LogP contribution in [0.5, 0.6) is 0 Å². The fourth-order valence-electron chi connectivity index (χ4n) is 4.52. The van der Waals surface area contributed by atoms with Crippen LogP contribution in [-0.4, -0.2) is 61.8 Å². The number of nitrogens with one attached hydrogen (secondary N) is 2. The minimum Gasteiger partial charge on any atom is -0.383 e. The smallest absolute Gasteiger partial charge is 0.143 e. The maximum atomic E-state index is 12.8. The second-order valence-electron chi connectivity index (χ2n) is 9.48. The van der Waals surface area contributed by atoms with Crippen LogP contribution in [0.25, 0.3) is 11.3 Å². The van der Waals surface area contributed by atoms with E-state index in [4.69, 9.17) is 26.1 Å². The highest BCUT2D eigenvalue weighted by molar-refractivity contribution is 6.33. The highest BCUT2D eigenvalue weighted by Crippen LogP contribution is 2.31. The van der Waals surface area contributed by atoms with Crippen LogP contribution in [0.15, 0.2) is 30.5 Å². The lowest BCUT2D eigenvalue weighted by Crippen LogP contribution is -2.33. The average molecular weight is 473 g/mol. The third-order valence-electron chi connectivity index (χ3n) is 6.73. The van der Waals surface area contributed by atoms with Crippen LogP contribution in [0.1, 0.15) is 31.9 Å². The normalized spacial score (nSPS) is 22.3. The van der Waals surface area contributed by atoms with E-state index >= 15 is 0 Å². The topological polar surface area (TPSA) is 85.4 Å². The van der Waals surface area contributed by atoms with Gasteiger partial charge in [0.05, 0.1) is 17.3 Å². The first-order valence-electron chi connectivity index (χ1n) is 11.6. The Kier molecular flexibility index (Phi) is 7.96. The van der Waals surface area contributed by atoms with Crippen molar-refractivity contribution in [2.45, 2.75) is 38.6 Å². The molecule has 0 radical (unpaired) electrons. The molecule has 8 heteroatoms. The lowest BCUT2D eigenvalue weighted by atomic mass is 9.82. The van der Waals surface area contributed by atoms with Gasteiger partial charge < -0.3 is 20.1 Å². The van der Waals surface area contributed by atoms with E-state index < -0.39 is 0 Å². The third-order valence-corrected chi connectivity index (χ3v) is 7.03. The minimum atomic E-state index is -0.0108. The van der Waals surface area contributed by atoms with Crippen molar-refractivity contribution >= 4 is 23.2 Å². The number of rotatable bonds is 9. The molecule has 0 bridgehead atoms. The van der Waals surface area contributed by atoms with Crippen molar-refractivity contribution in [2.75, 3.05) is 45.3 Å². The maximum absolute atomic E-state index is 12.8. The number of Topliss-reactive ketones (excluding diaryl/α,β-unsaturated/α-hetero) is 1. The molecule has 0 spiro atoms. The quantitative estimate of drug-likeness (QED) is 0.574. The van der Waals surface area contributed by atoms with E-state index in [0.717, 1.165) is 56.1 Å². The van der Waals surface area contributed by atoms with Gasteiger partial charge in [-0.15, -0.1) is 0 Å². The van der Waals surface area contributed by atoms with E-state index in [9.17, 15) is 4.79 Å². The SMILES string of the molecule is COC[C@@H]1C[C@@H](C(=O)Cc2cc(-c3cccc(NCC4(C)CCOCC4)n3)c(Cl)cn2)CN1. The molecule has 7 nitrogen and oxygen atoms in total. The predicted octanol–water partition coefficient (Wildman–Crippen LogP) is 3.76. The van der Waals surface area contributed by atoms with Crippen molar-refractivity contribution in [3.8, 4) is 11.3 Å². The number of methoxy groups -OCH3 is 1. The van der Waals surface area contributed by atoms with Crippen LogP contribution in [-0.2, 0) is 20.7 Å². The number of carbonyl (C=O) groups excluding carboxylic acids is 1. The van der Waals surface area contributed by atoms with Crippen LogP contribution in [0, 0.1) is 11.3 Å². The molecule has 2 saturated heterocycles. The molecule has 0 aromatic carbocycles. The minimum absolute atomic E-state index is 0.0108. The summed E-state index contributed by atoms with van der Waals surface area (Å²) in [4.78, 5) is 22.0. The van der Waals surface area contributed by atoms with E-state index in [2.05, 4.69) is 22.5 Å². The molecular weight excluding hydrogens is 440 g/mol. The predicted molar refractivity (Wildman–Crippen MR) is 130 cm³/mol. The lowest BCUT2D eigenvalue weighted by Gasteiger charge is -2.33. The molecule has 2 N–H and O–H groups in total. The first-order chi connectivity index (χ1) is 16.0. The van der Waals surface area contributed by atoms with Gasteiger partial charge in [0.15, 0.2) is 0 Å². The Morgan fingerprint density at radius 3 is 2.97 bits per heavy atom. The fourth-order valence-corrected chi connectivity index (χ4v) is 4.72. The number of hydrogen-bond donors (Lipinski definition) is 2. The van der Waals surface area contributed by atoms with Gasteiger partial charge >= 0.3 is 0 Å². The van der Waals surface area contributed by atoms with Gasteiger partial charge in [-0.1, -0.05) is 24.6 Å². The number of pyridine rings is 2. The van der Waals surface area contributed by atoms with Crippen LogP contribution in [0.3, 0.4) is 0 Å². The molecule has 4 heterocycles. The molecule has 0 unspecified atom stereocenters. The van der Waals surface area contributed by atoms with Gasteiger partial charge in [-0.2, -0.15) is 0 Å². The van der Waals surface area contributed by atoms with Gasteiger partial charge in [0.25, 0.3) is 0 Å². The maximum Gasteiger partial charge on any atom is 0.143 e. The molecular formula is C25H33ClN4O3. The van der Waals surface area contributed by atoms with Crippen molar-refractivity contribution in [1.29, 1.82) is 0 Å². The van der Waals surface area contributed by atoms with Crippen LogP contribution in [0.4, 0.5) is 5.82 Å². The number of nitrogens with zero attached hydrogens (tertiary/aromatic N) is 2. The summed E-state index contributed by atoms with van der Waals surface area (Å²) in [6.07, 6.45) is 4.78. The van der Waals surface area contributed by atoms with Crippen molar-refractivity contribution in [3.05, 3.63) is 41.2 Å². The van der Waals surface area contributed by atoms with Gasteiger partial charge in [-0.3, -0.25) is 9.78 Å². The lowest BCUT2D eigenvalue weighted by molar-refractivity contribution is -0.121. The monoisotopic (exact) mass is 472 g/mol. The van der Waals surface area contributed by atoms with Gasteiger partial charge in [0.1, 0.15) is 11.6 Å². The highest BCUT2D eigenvalue weighted by atomic mass is 35.5. The van der Waals surface area contributed by atoms with E-state index in [1.165, 1.54) is 0 Å². The van der Waals surface area contributed by atoms with Gasteiger partial charge in [-0.25, -0.2) is 4.98 Å². The molecule has 2 atom stereocenters. The molecule has 0 aliphatic carbocycles. The molecule has 4 rings (SSSR count). The van der Waals surface area contributed by atoms with E-state index in [-0.39, 0.29) is 29.6 Å². The zero-order chi connectivity index (χ0) is 23.3. The first-order valence-corrected chi connectivity index (χ1v) is 12.0. The van der Waals surface area contributed by atoms with Gasteiger partial charge in [0, 0.05) is 69.2 Å². The molecule has 2 aromatic heterocycles. The summed E-state index contributed by atoms with van der Waals surface area (Å²) < 4.78 is 10.7. The van der Waals surface area contributed by atoms with Crippen LogP contribution < -0.4 is 10.6 Å². The van der Waals surface area contributed by atoms with Crippen molar-refractivity contribution in [2.24, 2.45) is 11.3 Å². The molecule has 33 heavy (non-hydrogen) atoms. The molecule has 0 saturated carbocycles. The Morgan fingerprint density at radius 2 is 2.18 bits per heavy atom. The second kappa shape index (κ2) is 10.9. The zero-order valence-corrected chi connectivity index (χ0v) is 20.2. The number of anilines is 1. The summed E-state index contributed by atoms with van der Waals surface area (Å²) in [6.45, 7) is 6.06. The number of carbonyl (C=O) groups is 1. The summed E-state index contributed by atoms with van der Waals surface area (Å²) in [5, 5.41) is 7.36. The largest absolute Gasteiger partial charge is 0.383 e. The number of aromatic nitrogens is 2. The first kappa shape index (κ1) is 24.1. The van der Waals surface area contributed by atoms with Crippen molar-refractivity contribution < 1.29 is 14.3 Å². The van der Waals surface area contributed by atoms with E-state index in [0.29, 0.717) is 23.9 Å². The molecule has 178 valence electrons. The Labute approximate surface area is 200 Å². The number of ketones is 1. The molecule has 2 aliphatic rings. The Balaban J connectivity index is 1.43. The summed E-state index contributed by atoms with van der Waals surface area (Å²) >= 11 is 6.48. The molecule has 2 aromatic rings. The van der Waals surface area contributed by atoms with E-state index in [1.54, 1.807) is 13.3 Å². The fraction of sp³-hybridized carbons (Fsp3) is 0.560. The summed E-state index contributed by atoms with van der Waals surface area (Å²) in [7, 11) is 1.68. The Bertz CT molecular complexity index is 964. The van der Waals surface area contributed by atoms with Crippen LogP contribution in [0.2, 0.25) is 5.02 Å². The molecule has 2 fully saturated rings. The number of ether oxygens (including phenoxy) is 2. The summed E-state index contributed by atoms with van der Waals surface area (Å²) in [5.74, 6) is 0.991. The Morgan fingerprint density at radius 1 is 1.36 bits per heavy atom. The molecule has 2 aliphatic heterocycles. The van der Waals surface area contributed by atoms with Crippen molar-refractivity contribution in [3.63, 3.8) is 0 Å². The average Bonchev–Trinajstić information content (AvgIpc) is 3.29. The highest BCUT2D eigenvalue weighted by Gasteiger charge is 2.30. The zero-order valence-electron chi connectivity index (χ0n) is 19.4. The van der Waals surface area contributed by atoms with Gasteiger partial charge in [0.2, 0.25) is 0 Å².